The van der Waals surface area contributed by atoms with Gasteiger partial charge in [0.2, 0.25) is 5.91 Å². The largest absolute Gasteiger partial charge is 0.325 e. The Morgan fingerprint density at radius 1 is 0.718 bits per heavy atom. The molecule has 4 aromatic carbocycles. The highest BCUT2D eigenvalue weighted by molar-refractivity contribution is 8.00. The Balaban J connectivity index is 1.44. The summed E-state index contributed by atoms with van der Waals surface area (Å²) in [6.45, 7) is 3.79. The van der Waals surface area contributed by atoms with Crippen molar-refractivity contribution < 1.29 is 14.4 Å². The van der Waals surface area contributed by atoms with E-state index in [1.165, 1.54) is 11.8 Å². The lowest BCUT2D eigenvalue weighted by atomic mass is 10.1. The van der Waals surface area contributed by atoms with Crippen LogP contribution in [0.15, 0.2) is 120 Å². The van der Waals surface area contributed by atoms with Crippen LogP contribution in [-0.2, 0) is 9.59 Å². The Morgan fingerprint density at radius 3 is 1.97 bits per heavy atom. The van der Waals surface area contributed by atoms with Crippen molar-refractivity contribution in [3.63, 3.8) is 0 Å². The van der Waals surface area contributed by atoms with Crippen LogP contribution in [0.25, 0.3) is 6.08 Å². The van der Waals surface area contributed by atoms with Gasteiger partial charge in [-0.3, -0.25) is 14.4 Å². The highest BCUT2D eigenvalue weighted by Gasteiger charge is 2.17. The standard InChI is InChI=1S/C32H29N3O3S/c1-22-11-9-10-14-25(22)21-29(35-31(37)24-12-5-3-6-13-24)32(38)34-27-17-19-28(20-18-27)39-23(2)30(36)33-26-15-7-4-8-16-26/h3-21,23H,1-2H3,(H,33,36)(H,34,38)(H,35,37)/b29-21-. The van der Waals surface area contributed by atoms with Crippen molar-refractivity contribution in [1.29, 1.82) is 0 Å². The molecule has 4 rings (SSSR count). The lowest BCUT2D eigenvalue weighted by Crippen LogP contribution is -2.30. The molecule has 39 heavy (non-hydrogen) atoms. The van der Waals surface area contributed by atoms with Crippen LogP contribution in [0, 0.1) is 6.92 Å². The molecule has 0 aromatic heterocycles. The third kappa shape index (κ3) is 7.93. The summed E-state index contributed by atoms with van der Waals surface area (Å²) in [5.74, 6) is -0.914. The van der Waals surface area contributed by atoms with Crippen molar-refractivity contribution in [3.05, 3.63) is 132 Å². The number of rotatable bonds is 9. The maximum absolute atomic E-state index is 13.3. The molecule has 0 saturated heterocycles. The molecule has 1 unspecified atom stereocenters. The molecule has 0 aliphatic carbocycles. The van der Waals surface area contributed by atoms with Crippen molar-refractivity contribution in [1.82, 2.24) is 5.32 Å². The summed E-state index contributed by atoms with van der Waals surface area (Å²) in [6.07, 6.45) is 1.67. The van der Waals surface area contributed by atoms with E-state index < -0.39 is 5.91 Å². The molecule has 4 aromatic rings. The van der Waals surface area contributed by atoms with Gasteiger partial charge in [-0.25, -0.2) is 0 Å². The molecule has 7 heteroatoms. The molecule has 3 N–H and O–H groups in total. The fourth-order valence-electron chi connectivity index (χ4n) is 3.68. The molecule has 1 atom stereocenters. The highest BCUT2D eigenvalue weighted by Crippen LogP contribution is 2.26. The zero-order chi connectivity index (χ0) is 27.6. The van der Waals surface area contributed by atoms with E-state index >= 15 is 0 Å². The number of carbonyl (C=O) groups is 3. The number of anilines is 2. The topological polar surface area (TPSA) is 87.3 Å². The first-order chi connectivity index (χ1) is 18.9. The Hall–Kier alpha value is -4.62. The molecule has 0 heterocycles. The summed E-state index contributed by atoms with van der Waals surface area (Å²) < 4.78 is 0. The maximum Gasteiger partial charge on any atom is 0.272 e. The minimum atomic E-state index is -0.446. The van der Waals surface area contributed by atoms with Gasteiger partial charge in [0.15, 0.2) is 0 Å². The van der Waals surface area contributed by atoms with Gasteiger partial charge in [-0.15, -0.1) is 11.8 Å². The third-order valence-corrected chi connectivity index (χ3v) is 6.96. The molecular weight excluding hydrogens is 506 g/mol. The average molecular weight is 536 g/mol. The van der Waals surface area contributed by atoms with Gasteiger partial charge in [-0.2, -0.15) is 0 Å². The van der Waals surface area contributed by atoms with Crippen LogP contribution in [0.3, 0.4) is 0 Å². The van der Waals surface area contributed by atoms with Crippen molar-refractivity contribution in [2.24, 2.45) is 0 Å². The van der Waals surface area contributed by atoms with Crippen LogP contribution in [-0.4, -0.2) is 23.0 Å². The first-order valence-electron chi connectivity index (χ1n) is 12.5. The lowest BCUT2D eigenvalue weighted by molar-refractivity contribution is -0.115. The summed E-state index contributed by atoms with van der Waals surface area (Å²) >= 11 is 1.42. The Bertz CT molecular complexity index is 1470. The quantitative estimate of drug-likeness (QED) is 0.168. The first-order valence-corrected chi connectivity index (χ1v) is 13.3. The number of benzene rings is 4. The fourth-order valence-corrected chi connectivity index (χ4v) is 4.55. The van der Waals surface area contributed by atoms with Crippen LogP contribution in [0.1, 0.15) is 28.4 Å². The number of thioether (sulfide) groups is 1. The van der Waals surface area contributed by atoms with Crippen LogP contribution >= 0.6 is 11.8 Å². The molecule has 0 bridgehead atoms. The lowest BCUT2D eigenvalue weighted by Gasteiger charge is -2.14. The highest BCUT2D eigenvalue weighted by atomic mass is 32.2. The SMILES string of the molecule is Cc1ccccc1/C=C(\NC(=O)c1ccccc1)C(=O)Nc1ccc(SC(C)C(=O)Nc2ccccc2)cc1. The average Bonchev–Trinajstić information content (AvgIpc) is 2.95. The van der Waals surface area contributed by atoms with Crippen molar-refractivity contribution in [3.8, 4) is 0 Å². The molecule has 196 valence electrons. The van der Waals surface area contributed by atoms with Crippen LogP contribution in [0.4, 0.5) is 11.4 Å². The molecule has 0 radical (unpaired) electrons. The number of hydrogen-bond donors (Lipinski definition) is 3. The summed E-state index contributed by atoms with van der Waals surface area (Å²) in [4.78, 5) is 39.5. The van der Waals surface area contributed by atoms with E-state index in [2.05, 4.69) is 16.0 Å². The predicted octanol–water partition coefficient (Wildman–Crippen LogP) is 6.52. The van der Waals surface area contributed by atoms with Gasteiger partial charge in [0, 0.05) is 21.8 Å². The number of para-hydroxylation sites is 1. The van der Waals surface area contributed by atoms with E-state index in [9.17, 15) is 14.4 Å². The summed E-state index contributed by atoms with van der Waals surface area (Å²) in [5, 5.41) is 8.21. The van der Waals surface area contributed by atoms with Gasteiger partial charge in [-0.05, 0) is 79.6 Å². The van der Waals surface area contributed by atoms with Gasteiger partial charge in [-0.1, -0.05) is 60.7 Å². The second-order valence-electron chi connectivity index (χ2n) is 8.83. The molecular formula is C32H29N3O3S. The van der Waals surface area contributed by atoms with Gasteiger partial charge < -0.3 is 16.0 Å². The maximum atomic E-state index is 13.3. The van der Waals surface area contributed by atoms with Crippen LogP contribution in [0.2, 0.25) is 0 Å². The normalized spacial score (nSPS) is 11.8. The Kier molecular flexibility index (Phi) is 9.32. The van der Waals surface area contributed by atoms with E-state index in [4.69, 9.17) is 0 Å². The fraction of sp³-hybridized carbons (Fsp3) is 0.0938. The minimum absolute atomic E-state index is 0.0938. The van der Waals surface area contributed by atoms with E-state index in [0.29, 0.717) is 11.3 Å². The number of hydrogen-bond acceptors (Lipinski definition) is 4. The number of aryl methyl sites for hydroxylation is 1. The Morgan fingerprint density at radius 2 is 1.31 bits per heavy atom. The predicted molar refractivity (Wildman–Crippen MR) is 159 cm³/mol. The smallest absolute Gasteiger partial charge is 0.272 e. The molecule has 3 amide bonds. The van der Waals surface area contributed by atoms with Gasteiger partial charge in [0.25, 0.3) is 11.8 Å². The van der Waals surface area contributed by atoms with E-state index in [0.717, 1.165) is 21.7 Å². The second-order valence-corrected chi connectivity index (χ2v) is 10.2. The van der Waals surface area contributed by atoms with E-state index in [1.807, 2.05) is 86.6 Å². The second kappa shape index (κ2) is 13.3. The zero-order valence-electron chi connectivity index (χ0n) is 21.7. The zero-order valence-corrected chi connectivity index (χ0v) is 22.5. The monoisotopic (exact) mass is 535 g/mol. The minimum Gasteiger partial charge on any atom is -0.325 e. The van der Waals surface area contributed by atoms with E-state index in [1.54, 1.807) is 42.5 Å². The molecule has 0 saturated carbocycles. The van der Waals surface area contributed by atoms with Gasteiger partial charge in [0.1, 0.15) is 5.70 Å². The molecule has 0 spiro atoms. The summed E-state index contributed by atoms with van der Waals surface area (Å²) in [5.41, 5.74) is 3.70. The van der Waals surface area contributed by atoms with Gasteiger partial charge >= 0.3 is 0 Å². The van der Waals surface area contributed by atoms with E-state index in [-0.39, 0.29) is 22.8 Å². The third-order valence-electron chi connectivity index (χ3n) is 5.85. The number of carbonyl (C=O) groups excluding carboxylic acids is 3. The van der Waals surface area contributed by atoms with Gasteiger partial charge in [0.05, 0.1) is 5.25 Å². The van der Waals surface area contributed by atoms with Crippen molar-refractivity contribution in [2.75, 3.05) is 10.6 Å². The Labute approximate surface area is 232 Å². The number of amides is 3. The number of nitrogens with one attached hydrogen (secondary N) is 3. The first kappa shape index (κ1) is 27.4. The summed E-state index contributed by atoms with van der Waals surface area (Å²) in [7, 11) is 0. The molecule has 6 nitrogen and oxygen atoms in total. The molecule has 0 aliphatic heterocycles. The van der Waals surface area contributed by atoms with Crippen molar-refractivity contribution >= 4 is 46.9 Å². The van der Waals surface area contributed by atoms with Crippen LogP contribution < -0.4 is 16.0 Å². The summed E-state index contributed by atoms with van der Waals surface area (Å²) in [6, 6.07) is 32.9. The van der Waals surface area contributed by atoms with Crippen molar-refractivity contribution in [2.45, 2.75) is 24.0 Å². The molecule has 0 fully saturated rings. The van der Waals surface area contributed by atoms with Crippen LogP contribution in [0.5, 0.6) is 0 Å². The molecule has 0 aliphatic rings.